The lowest BCUT2D eigenvalue weighted by Gasteiger charge is -2.09. The van der Waals surface area contributed by atoms with Crippen molar-refractivity contribution in [2.75, 3.05) is 17.7 Å². The van der Waals surface area contributed by atoms with Crippen molar-refractivity contribution in [3.63, 3.8) is 0 Å². The van der Waals surface area contributed by atoms with E-state index in [-0.39, 0.29) is 11.5 Å². The zero-order chi connectivity index (χ0) is 18.7. The molecule has 3 aromatic rings. The molecule has 0 saturated carbocycles. The number of rotatable bonds is 5. The third kappa shape index (κ3) is 3.37. The van der Waals surface area contributed by atoms with E-state index < -0.39 is 5.91 Å². The predicted octanol–water partition coefficient (Wildman–Crippen LogP) is 3.12. The lowest BCUT2D eigenvalue weighted by Crippen LogP contribution is -2.16. The molecule has 0 spiro atoms. The molecule has 0 aliphatic heterocycles. The molecule has 0 aliphatic rings. The van der Waals surface area contributed by atoms with Crippen LogP contribution in [0.5, 0.6) is 5.75 Å². The Balaban J connectivity index is 1.84. The van der Waals surface area contributed by atoms with Gasteiger partial charge in [0.15, 0.2) is 11.5 Å². The maximum absolute atomic E-state index is 12.6. The number of amides is 1. The minimum Gasteiger partial charge on any atom is -0.494 e. The number of hydrogen-bond donors (Lipinski definition) is 2. The SMILES string of the molecule is CCOc1ccc(-n2nnc(C(=O)Nc3cccc(C)c3C)c2N)cc1. The smallest absolute Gasteiger partial charge is 0.280 e. The van der Waals surface area contributed by atoms with Crippen molar-refractivity contribution < 1.29 is 9.53 Å². The van der Waals surface area contributed by atoms with Gasteiger partial charge < -0.3 is 15.8 Å². The van der Waals surface area contributed by atoms with Crippen molar-refractivity contribution in [1.29, 1.82) is 0 Å². The zero-order valence-electron chi connectivity index (χ0n) is 15.0. The van der Waals surface area contributed by atoms with Crippen molar-refractivity contribution in [2.45, 2.75) is 20.8 Å². The van der Waals surface area contributed by atoms with Gasteiger partial charge in [-0.2, -0.15) is 4.68 Å². The minimum absolute atomic E-state index is 0.0831. The summed E-state index contributed by atoms with van der Waals surface area (Å²) >= 11 is 0. The summed E-state index contributed by atoms with van der Waals surface area (Å²) in [7, 11) is 0. The molecule has 7 nitrogen and oxygen atoms in total. The van der Waals surface area contributed by atoms with Gasteiger partial charge >= 0.3 is 0 Å². The molecule has 1 amide bonds. The molecule has 0 fully saturated rings. The highest BCUT2D eigenvalue weighted by atomic mass is 16.5. The maximum Gasteiger partial charge on any atom is 0.280 e. The average molecular weight is 351 g/mol. The van der Waals surface area contributed by atoms with E-state index in [2.05, 4.69) is 15.6 Å². The van der Waals surface area contributed by atoms with Crippen molar-refractivity contribution in [3.8, 4) is 11.4 Å². The lowest BCUT2D eigenvalue weighted by atomic mass is 10.1. The van der Waals surface area contributed by atoms with Gasteiger partial charge in [-0.05, 0) is 62.2 Å². The van der Waals surface area contributed by atoms with E-state index in [0.29, 0.717) is 12.3 Å². The van der Waals surface area contributed by atoms with E-state index in [1.54, 1.807) is 0 Å². The second kappa shape index (κ2) is 7.26. The van der Waals surface area contributed by atoms with Crippen LogP contribution in [0.3, 0.4) is 0 Å². The highest BCUT2D eigenvalue weighted by Crippen LogP contribution is 2.21. The van der Waals surface area contributed by atoms with E-state index in [1.165, 1.54) is 4.68 Å². The number of aryl methyl sites for hydroxylation is 1. The molecule has 0 atom stereocenters. The number of anilines is 2. The van der Waals surface area contributed by atoms with Crippen LogP contribution >= 0.6 is 0 Å². The molecule has 26 heavy (non-hydrogen) atoms. The van der Waals surface area contributed by atoms with Gasteiger partial charge in [-0.25, -0.2) is 0 Å². The lowest BCUT2D eigenvalue weighted by molar-refractivity contribution is 0.102. The zero-order valence-corrected chi connectivity index (χ0v) is 15.0. The molecule has 0 aliphatic carbocycles. The molecule has 0 saturated heterocycles. The number of aromatic nitrogens is 3. The van der Waals surface area contributed by atoms with Crippen molar-refractivity contribution in [1.82, 2.24) is 15.0 Å². The standard InChI is InChI=1S/C19H21N5O2/c1-4-26-15-10-8-14(9-11-15)24-18(20)17(22-23-24)19(25)21-16-7-5-6-12(2)13(16)3/h5-11H,4,20H2,1-3H3,(H,21,25). The van der Waals surface area contributed by atoms with Crippen LogP contribution in [0, 0.1) is 13.8 Å². The minimum atomic E-state index is -0.395. The second-order valence-electron chi connectivity index (χ2n) is 5.86. The van der Waals surface area contributed by atoms with Crippen molar-refractivity contribution in [2.24, 2.45) is 0 Å². The molecule has 0 unspecified atom stereocenters. The molecular weight excluding hydrogens is 330 g/mol. The van der Waals surface area contributed by atoms with E-state index >= 15 is 0 Å². The molecule has 134 valence electrons. The van der Waals surface area contributed by atoms with Crippen LogP contribution in [-0.2, 0) is 0 Å². The topological polar surface area (TPSA) is 95.1 Å². The number of carbonyl (C=O) groups is 1. The van der Waals surface area contributed by atoms with E-state index in [4.69, 9.17) is 10.5 Å². The molecule has 3 N–H and O–H groups in total. The molecule has 1 heterocycles. The van der Waals surface area contributed by atoms with E-state index in [1.807, 2.05) is 63.2 Å². The Morgan fingerprint density at radius 1 is 1.19 bits per heavy atom. The van der Waals surface area contributed by atoms with Crippen LogP contribution in [0.2, 0.25) is 0 Å². The first-order valence-electron chi connectivity index (χ1n) is 8.33. The molecule has 0 bridgehead atoms. The number of carbonyl (C=O) groups excluding carboxylic acids is 1. The molecular formula is C19H21N5O2. The molecule has 1 aromatic heterocycles. The van der Waals surface area contributed by atoms with Crippen LogP contribution in [0.15, 0.2) is 42.5 Å². The summed E-state index contributed by atoms with van der Waals surface area (Å²) in [6, 6.07) is 13.0. The average Bonchev–Trinajstić information content (AvgIpc) is 3.01. The summed E-state index contributed by atoms with van der Waals surface area (Å²) in [5, 5.41) is 10.8. The first kappa shape index (κ1) is 17.5. The Kier molecular flexibility index (Phi) is 4.88. The van der Waals surface area contributed by atoms with Gasteiger partial charge in [0.05, 0.1) is 12.3 Å². The number of nitrogens with two attached hydrogens (primary N) is 1. The van der Waals surface area contributed by atoms with Gasteiger partial charge in [-0.3, -0.25) is 4.79 Å². The van der Waals surface area contributed by atoms with Gasteiger partial charge in [0.25, 0.3) is 5.91 Å². The molecule has 3 rings (SSSR count). The fourth-order valence-corrected chi connectivity index (χ4v) is 2.56. The van der Waals surface area contributed by atoms with Gasteiger partial charge in [-0.1, -0.05) is 17.3 Å². The number of nitrogens with one attached hydrogen (secondary N) is 1. The van der Waals surface area contributed by atoms with Gasteiger partial charge in [-0.15, -0.1) is 5.10 Å². The Bertz CT molecular complexity index is 932. The number of nitrogens with zero attached hydrogens (tertiary/aromatic N) is 3. The Hall–Kier alpha value is -3.35. The first-order valence-corrected chi connectivity index (χ1v) is 8.33. The molecule has 2 aromatic carbocycles. The quantitative estimate of drug-likeness (QED) is 0.736. The summed E-state index contributed by atoms with van der Waals surface area (Å²) in [6.07, 6.45) is 0. The van der Waals surface area contributed by atoms with Gasteiger partial charge in [0, 0.05) is 5.69 Å². The highest BCUT2D eigenvalue weighted by molar-refractivity contribution is 6.06. The van der Waals surface area contributed by atoms with Gasteiger partial charge in [0.2, 0.25) is 0 Å². The van der Waals surface area contributed by atoms with Crippen molar-refractivity contribution in [3.05, 3.63) is 59.3 Å². The van der Waals surface area contributed by atoms with E-state index in [0.717, 1.165) is 22.6 Å². The van der Waals surface area contributed by atoms with Crippen LogP contribution in [0.4, 0.5) is 11.5 Å². The molecule has 7 heteroatoms. The summed E-state index contributed by atoms with van der Waals surface area (Å²) < 4.78 is 6.84. The number of nitrogen functional groups attached to an aromatic ring is 1. The third-order valence-electron chi connectivity index (χ3n) is 4.17. The van der Waals surface area contributed by atoms with Crippen LogP contribution in [0.1, 0.15) is 28.5 Å². The number of hydrogen-bond acceptors (Lipinski definition) is 5. The second-order valence-corrected chi connectivity index (χ2v) is 5.86. The summed E-state index contributed by atoms with van der Waals surface area (Å²) in [5.74, 6) is 0.535. The summed E-state index contributed by atoms with van der Waals surface area (Å²) in [4.78, 5) is 12.6. The largest absolute Gasteiger partial charge is 0.494 e. The van der Waals surface area contributed by atoms with Crippen LogP contribution in [-0.4, -0.2) is 27.5 Å². The Morgan fingerprint density at radius 2 is 1.92 bits per heavy atom. The fraction of sp³-hybridized carbons (Fsp3) is 0.211. The van der Waals surface area contributed by atoms with Crippen LogP contribution in [0.25, 0.3) is 5.69 Å². The Morgan fingerprint density at radius 3 is 2.62 bits per heavy atom. The number of benzene rings is 2. The summed E-state index contributed by atoms with van der Waals surface area (Å²) in [6.45, 7) is 6.45. The normalized spacial score (nSPS) is 10.6. The fourth-order valence-electron chi connectivity index (χ4n) is 2.56. The first-order chi connectivity index (χ1) is 12.5. The maximum atomic E-state index is 12.6. The Labute approximate surface area is 151 Å². The van der Waals surface area contributed by atoms with E-state index in [9.17, 15) is 4.79 Å². The van der Waals surface area contributed by atoms with Crippen LogP contribution < -0.4 is 15.8 Å². The predicted molar refractivity (Wildman–Crippen MR) is 101 cm³/mol. The monoisotopic (exact) mass is 351 g/mol. The highest BCUT2D eigenvalue weighted by Gasteiger charge is 2.19. The molecule has 0 radical (unpaired) electrons. The van der Waals surface area contributed by atoms with Gasteiger partial charge in [0.1, 0.15) is 5.75 Å². The summed E-state index contributed by atoms with van der Waals surface area (Å²) in [5.41, 5.74) is 9.70. The number of ether oxygens (including phenoxy) is 1. The third-order valence-corrected chi connectivity index (χ3v) is 4.17. The van der Waals surface area contributed by atoms with Crippen molar-refractivity contribution >= 4 is 17.4 Å².